The highest BCUT2D eigenvalue weighted by molar-refractivity contribution is 7.13. The number of nitrogens with zero attached hydrogens (tertiary/aromatic N) is 2. The van der Waals surface area contributed by atoms with Gasteiger partial charge in [-0.15, -0.1) is 11.3 Å². The number of aromatic nitrogens is 1. The lowest BCUT2D eigenvalue weighted by molar-refractivity contribution is -0.131. The summed E-state index contributed by atoms with van der Waals surface area (Å²) in [5.41, 5.74) is 3.78. The van der Waals surface area contributed by atoms with E-state index in [1.807, 2.05) is 79.0 Å². The molecule has 1 aromatic heterocycles. The summed E-state index contributed by atoms with van der Waals surface area (Å²) >= 11 is 7.75. The zero-order chi connectivity index (χ0) is 24.1. The van der Waals surface area contributed by atoms with Gasteiger partial charge in [0, 0.05) is 29.2 Å². The molecule has 172 valence electrons. The van der Waals surface area contributed by atoms with Crippen LogP contribution < -0.4 is 5.32 Å². The van der Waals surface area contributed by atoms with Crippen LogP contribution in [0.2, 0.25) is 5.02 Å². The number of carbonyl (C=O) groups is 2. The summed E-state index contributed by atoms with van der Waals surface area (Å²) in [7, 11) is 1.78. The number of carbonyl (C=O) groups excluding carboxylic acids is 2. The standard InChI is InChI=1S/C27H24ClN3O2S/c1-18(20-11-8-12-21(15-20)29-26(33)19-9-4-3-5-10-19)31(2)25(32)16-22-17-34-27(30-22)23-13-6-7-14-24(23)28/h3-15,17-18H,16H2,1-2H3,(H,29,33)/t18-/m1/s1. The fourth-order valence-corrected chi connectivity index (χ4v) is 4.67. The van der Waals surface area contributed by atoms with Crippen molar-refractivity contribution >= 4 is 40.4 Å². The fraction of sp³-hybridized carbons (Fsp3) is 0.148. The molecule has 1 N–H and O–H groups in total. The third-order valence-electron chi connectivity index (χ3n) is 5.63. The maximum Gasteiger partial charge on any atom is 0.255 e. The molecular weight excluding hydrogens is 466 g/mol. The van der Waals surface area contributed by atoms with E-state index in [1.54, 1.807) is 24.1 Å². The summed E-state index contributed by atoms with van der Waals surface area (Å²) in [6.45, 7) is 1.96. The molecule has 0 saturated carbocycles. The molecule has 3 aromatic carbocycles. The van der Waals surface area contributed by atoms with Crippen LogP contribution in [0.1, 0.15) is 34.6 Å². The monoisotopic (exact) mass is 489 g/mol. The summed E-state index contributed by atoms with van der Waals surface area (Å²) in [6, 6.07) is 24.0. The number of benzene rings is 3. The minimum absolute atomic E-state index is 0.0396. The van der Waals surface area contributed by atoms with Gasteiger partial charge < -0.3 is 10.2 Å². The molecule has 4 rings (SSSR count). The van der Waals surface area contributed by atoms with Gasteiger partial charge in [0.1, 0.15) is 5.01 Å². The van der Waals surface area contributed by atoms with Crippen LogP contribution in [-0.2, 0) is 11.2 Å². The number of amides is 2. The highest BCUT2D eigenvalue weighted by Gasteiger charge is 2.20. The van der Waals surface area contributed by atoms with Gasteiger partial charge in [-0.3, -0.25) is 9.59 Å². The zero-order valence-corrected chi connectivity index (χ0v) is 20.4. The second-order valence-corrected chi connectivity index (χ2v) is 9.19. The Balaban J connectivity index is 1.42. The van der Waals surface area contributed by atoms with Crippen LogP contribution in [0.15, 0.2) is 84.2 Å². The van der Waals surface area contributed by atoms with E-state index in [0.717, 1.165) is 16.1 Å². The van der Waals surface area contributed by atoms with Crippen molar-refractivity contribution in [2.24, 2.45) is 0 Å². The smallest absolute Gasteiger partial charge is 0.255 e. The normalized spacial score (nSPS) is 11.6. The van der Waals surface area contributed by atoms with Gasteiger partial charge in [-0.25, -0.2) is 4.98 Å². The Hall–Kier alpha value is -3.48. The van der Waals surface area contributed by atoms with Crippen molar-refractivity contribution in [2.45, 2.75) is 19.4 Å². The Kier molecular flexibility index (Phi) is 7.40. The molecule has 0 aliphatic heterocycles. The van der Waals surface area contributed by atoms with Crippen LogP contribution in [0.4, 0.5) is 5.69 Å². The maximum atomic E-state index is 13.0. The number of nitrogens with one attached hydrogen (secondary N) is 1. The van der Waals surface area contributed by atoms with Crippen molar-refractivity contribution in [3.8, 4) is 10.6 Å². The first-order valence-electron chi connectivity index (χ1n) is 10.8. The lowest BCUT2D eigenvalue weighted by Crippen LogP contribution is -2.31. The van der Waals surface area contributed by atoms with Gasteiger partial charge in [0.05, 0.1) is 23.2 Å². The Morgan fingerprint density at radius 1 is 1.03 bits per heavy atom. The third kappa shape index (κ3) is 5.53. The van der Waals surface area contributed by atoms with E-state index in [2.05, 4.69) is 10.3 Å². The van der Waals surface area contributed by atoms with E-state index in [9.17, 15) is 9.59 Å². The van der Waals surface area contributed by atoms with Crippen molar-refractivity contribution in [3.05, 3.63) is 106 Å². The van der Waals surface area contributed by atoms with Gasteiger partial charge in [-0.1, -0.05) is 60.1 Å². The molecule has 0 aliphatic rings. The number of hydrogen-bond donors (Lipinski definition) is 1. The largest absolute Gasteiger partial charge is 0.339 e. The van der Waals surface area contributed by atoms with Crippen LogP contribution in [0.25, 0.3) is 10.6 Å². The van der Waals surface area contributed by atoms with Crippen molar-refractivity contribution in [1.82, 2.24) is 9.88 Å². The molecule has 0 unspecified atom stereocenters. The Morgan fingerprint density at radius 3 is 2.53 bits per heavy atom. The van der Waals surface area contributed by atoms with Crippen LogP contribution in [0, 0.1) is 0 Å². The summed E-state index contributed by atoms with van der Waals surface area (Å²) in [4.78, 5) is 31.8. The SMILES string of the molecule is C[C@H](c1cccc(NC(=O)c2ccccc2)c1)N(C)C(=O)Cc1csc(-c2ccccc2Cl)n1. The highest BCUT2D eigenvalue weighted by atomic mass is 35.5. The summed E-state index contributed by atoms with van der Waals surface area (Å²) in [5, 5.41) is 6.26. The van der Waals surface area contributed by atoms with Gasteiger partial charge in [0.15, 0.2) is 0 Å². The molecule has 34 heavy (non-hydrogen) atoms. The first-order chi connectivity index (χ1) is 16.4. The van der Waals surface area contributed by atoms with Crippen molar-refractivity contribution < 1.29 is 9.59 Å². The number of rotatable bonds is 7. The number of hydrogen-bond acceptors (Lipinski definition) is 4. The minimum Gasteiger partial charge on any atom is -0.339 e. The highest BCUT2D eigenvalue weighted by Crippen LogP contribution is 2.30. The van der Waals surface area contributed by atoms with Crippen LogP contribution in [0.3, 0.4) is 0 Å². The van der Waals surface area contributed by atoms with E-state index in [4.69, 9.17) is 11.6 Å². The van der Waals surface area contributed by atoms with Gasteiger partial charge in [0.25, 0.3) is 5.91 Å². The van der Waals surface area contributed by atoms with Crippen LogP contribution in [-0.4, -0.2) is 28.7 Å². The Morgan fingerprint density at radius 2 is 1.76 bits per heavy atom. The van der Waals surface area contributed by atoms with E-state index < -0.39 is 0 Å². The van der Waals surface area contributed by atoms with Crippen LogP contribution in [0.5, 0.6) is 0 Å². The van der Waals surface area contributed by atoms with Crippen LogP contribution >= 0.6 is 22.9 Å². The van der Waals surface area contributed by atoms with Gasteiger partial charge in [-0.2, -0.15) is 0 Å². The predicted octanol–water partition coefficient (Wildman–Crippen LogP) is 6.48. The lowest BCUT2D eigenvalue weighted by Gasteiger charge is -2.25. The summed E-state index contributed by atoms with van der Waals surface area (Å²) in [5.74, 6) is -0.213. The van der Waals surface area contributed by atoms with E-state index in [-0.39, 0.29) is 24.3 Å². The molecule has 5 nitrogen and oxygen atoms in total. The molecule has 7 heteroatoms. The fourth-order valence-electron chi connectivity index (χ4n) is 3.53. The van der Waals surface area contributed by atoms with Crippen molar-refractivity contribution in [2.75, 3.05) is 12.4 Å². The minimum atomic E-state index is -0.178. The topological polar surface area (TPSA) is 62.3 Å². The molecule has 0 saturated heterocycles. The average molecular weight is 490 g/mol. The number of anilines is 1. The quantitative estimate of drug-likeness (QED) is 0.323. The van der Waals surface area contributed by atoms with Crippen molar-refractivity contribution in [3.63, 3.8) is 0 Å². The maximum absolute atomic E-state index is 13.0. The first kappa shape index (κ1) is 23.7. The molecule has 1 atom stereocenters. The molecule has 4 aromatic rings. The number of thiazole rings is 1. The molecule has 2 amide bonds. The zero-order valence-electron chi connectivity index (χ0n) is 18.9. The Bertz CT molecular complexity index is 1310. The van der Waals surface area contributed by atoms with Gasteiger partial charge in [-0.05, 0) is 42.8 Å². The molecular formula is C27H24ClN3O2S. The van der Waals surface area contributed by atoms with E-state index in [0.29, 0.717) is 22.0 Å². The van der Waals surface area contributed by atoms with Crippen molar-refractivity contribution in [1.29, 1.82) is 0 Å². The van der Waals surface area contributed by atoms with Gasteiger partial charge >= 0.3 is 0 Å². The lowest BCUT2D eigenvalue weighted by atomic mass is 10.1. The molecule has 0 fully saturated rings. The van der Waals surface area contributed by atoms with Gasteiger partial charge in [0.2, 0.25) is 5.91 Å². The molecule has 0 aliphatic carbocycles. The van der Waals surface area contributed by atoms with E-state index >= 15 is 0 Å². The molecule has 0 bridgehead atoms. The number of halogens is 1. The number of likely N-dealkylation sites (N-methyl/N-ethyl adjacent to an activating group) is 1. The molecule has 1 heterocycles. The average Bonchev–Trinajstić information content (AvgIpc) is 3.32. The second-order valence-electron chi connectivity index (χ2n) is 7.93. The molecule has 0 radical (unpaired) electrons. The second kappa shape index (κ2) is 10.6. The summed E-state index contributed by atoms with van der Waals surface area (Å²) < 4.78 is 0. The third-order valence-corrected chi connectivity index (χ3v) is 6.88. The first-order valence-corrected chi connectivity index (χ1v) is 12.1. The molecule has 0 spiro atoms. The van der Waals surface area contributed by atoms with E-state index in [1.165, 1.54) is 11.3 Å². The predicted molar refractivity (Wildman–Crippen MR) is 138 cm³/mol. The summed E-state index contributed by atoms with van der Waals surface area (Å²) in [6.07, 6.45) is 0.201. The Labute approximate surface area is 208 Å².